The van der Waals surface area contributed by atoms with Crippen LogP contribution in [0.2, 0.25) is 0 Å². The summed E-state index contributed by atoms with van der Waals surface area (Å²) in [6.07, 6.45) is 4.34. The topological polar surface area (TPSA) is 52.4 Å². The van der Waals surface area contributed by atoms with E-state index >= 15 is 0 Å². The first-order valence-corrected chi connectivity index (χ1v) is 5.27. The minimum atomic E-state index is -0.432. The second-order valence-electron chi connectivity index (χ2n) is 3.06. The lowest BCUT2D eigenvalue weighted by molar-refractivity contribution is -0.384. The molecule has 4 nitrogen and oxygen atoms in total. The third-order valence-corrected chi connectivity index (χ3v) is 2.22. The molecule has 0 radical (unpaired) electrons. The fraction of sp³-hybridized carbons (Fsp3) is 0.273. The summed E-state index contributed by atoms with van der Waals surface area (Å²) in [6.45, 7) is 0. The molecule has 0 spiro atoms. The van der Waals surface area contributed by atoms with E-state index in [1.165, 1.54) is 19.2 Å². The molecule has 0 aliphatic carbocycles. The van der Waals surface area contributed by atoms with Gasteiger partial charge in [-0.15, -0.1) is 11.6 Å². The molecular weight excluding hydrogens is 230 g/mol. The fourth-order valence-electron chi connectivity index (χ4n) is 1.24. The number of alkyl halides is 1. The van der Waals surface area contributed by atoms with Crippen molar-refractivity contribution in [2.75, 3.05) is 13.0 Å². The van der Waals surface area contributed by atoms with Crippen molar-refractivity contribution in [3.05, 3.63) is 40.0 Å². The first-order valence-electron chi connectivity index (χ1n) is 4.74. The molecule has 1 rings (SSSR count). The van der Waals surface area contributed by atoms with E-state index < -0.39 is 4.92 Å². The molecule has 1 aromatic carbocycles. The fourth-order valence-corrected chi connectivity index (χ4v) is 1.36. The molecular formula is C11H12ClNO3. The molecule has 0 aliphatic rings. The SMILES string of the molecule is COc1ccc([N+](=O)[O-])cc1C=CCCCl. The zero-order valence-electron chi connectivity index (χ0n) is 8.85. The largest absolute Gasteiger partial charge is 0.496 e. The smallest absolute Gasteiger partial charge is 0.270 e. The van der Waals surface area contributed by atoms with Crippen LogP contribution < -0.4 is 4.74 Å². The van der Waals surface area contributed by atoms with Crippen LogP contribution in [0.4, 0.5) is 5.69 Å². The van der Waals surface area contributed by atoms with Gasteiger partial charge in [0.2, 0.25) is 0 Å². The number of nitro benzene ring substituents is 1. The number of hydrogen-bond donors (Lipinski definition) is 0. The Labute approximate surface area is 98.6 Å². The first kappa shape index (κ1) is 12.5. The highest BCUT2D eigenvalue weighted by Crippen LogP contribution is 2.25. The maximum atomic E-state index is 10.6. The molecule has 0 N–H and O–H groups in total. The van der Waals surface area contributed by atoms with Gasteiger partial charge in [-0.2, -0.15) is 0 Å². The Morgan fingerprint density at radius 1 is 1.56 bits per heavy atom. The predicted octanol–water partition coefficient (Wildman–Crippen LogP) is 3.25. The van der Waals surface area contributed by atoms with E-state index in [1.54, 1.807) is 12.1 Å². The number of nitro groups is 1. The van der Waals surface area contributed by atoms with Crippen LogP contribution in [0.1, 0.15) is 12.0 Å². The van der Waals surface area contributed by atoms with Crippen LogP contribution in [0.5, 0.6) is 5.75 Å². The van der Waals surface area contributed by atoms with Crippen molar-refractivity contribution in [3.63, 3.8) is 0 Å². The van der Waals surface area contributed by atoms with E-state index in [0.29, 0.717) is 23.6 Å². The summed E-state index contributed by atoms with van der Waals surface area (Å²) < 4.78 is 5.10. The molecule has 0 amide bonds. The summed E-state index contributed by atoms with van der Waals surface area (Å²) in [5.74, 6) is 1.13. The number of allylic oxidation sites excluding steroid dienone is 1. The third-order valence-electron chi connectivity index (χ3n) is 2.00. The highest BCUT2D eigenvalue weighted by Gasteiger charge is 2.08. The zero-order valence-corrected chi connectivity index (χ0v) is 9.61. The van der Waals surface area contributed by atoms with Gasteiger partial charge in [0.05, 0.1) is 12.0 Å². The Hall–Kier alpha value is -1.55. The standard InChI is InChI=1S/C11H12ClNO3/c1-16-11-6-5-10(13(14)15)8-9(11)4-2-3-7-12/h2,4-6,8H,3,7H2,1H3. The maximum absolute atomic E-state index is 10.6. The minimum absolute atomic E-state index is 0.0475. The molecule has 5 heteroatoms. The Bertz CT molecular complexity index is 404. The van der Waals surface area contributed by atoms with Gasteiger partial charge in [-0.05, 0) is 12.5 Å². The number of benzene rings is 1. The highest BCUT2D eigenvalue weighted by atomic mass is 35.5. The van der Waals surface area contributed by atoms with Crippen LogP contribution in [0.15, 0.2) is 24.3 Å². The molecule has 0 saturated carbocycles. The normalized spacial score (nSPS) is 10.6. The van der Waals surface area contributed by atoms with Crippen molar-refractivity contribution >= 4 is 23.4 Å². The van der Waals surface area contributed by atoms with E-state index in [0.717, 1.165) is 0 Å². The Morgan fingerprint density at radius 2 is 2.31 bits per heavy atom. The van der Waals surface area contributed by atoms with Gasteiger partial charge in [0, 0.05) is 23.6 Å². The predicted molar refractivity (Wildman–Crippen MR) is 64.0 cm³/mol. The van der Waals surface area contributed by atoms with Gasteiger partial charge in [0.25, 0.3) is 5.69 Å². The maximum Gasteiger partial charge on any atom is 0.270 e. The van der Waals surface area contributed by atoms with Crippen molar-refractivity contribution in [2.24, 2.45) is 0 Å². The number of ether oxygens (including phenoxy) is 1. The molecule has 0 fully saturated rings. The zero-order chi connectivity index (χ0) is 12.0. The second kappa shape index (κ2) is 6.12. The molecule has 0 aliphatic heterocycles. The second-order valence-corrected chi connectivity index (χ2v) is 3.44. The highest BCUT2D eigenvalue weighted by molar-refractivity contribution is 6.17. The van der Waals surface area contributed by atoms with Gasteiger partial charge in [0.15, 0.2) is 0 Å². The van der Waals surface area contributed by atoms with Gasteiger partial charge >= 0.3 is 0 Å². The van der Waals surface area contributed by atoms with Gasteiger partial charge in [-0.1, -0.05) is 12.2 Å². The summed E-state index contributed by atoms with van der Waals surface area (Å²) in [5, 5.41) is 10.6. The quantitative estimate of drug-likeness (QED) is 0.452. The van der Waals surface area contributed by atoms with Crippen LogP contribution in [0.3, 0.4) is 0 Å². The van der Waals surface area contributed by atoms with Crippen LogP contribution in [-0.2, 0) is 0 Å². The molecule has 0 saturated heterocycles. The molecule has 1 aromatic rings. The van der Waals surface area contributed by atoms with E-state index in [2.05, 4.69) is 0 Å². The summed E-state index contributed by atoms with van der Waals surface area (Å²) in [7, 11) is 1.53. The lowest BCUT2D eigenvalue weighted by Gasteiger charge is -2.03. The third kappa shape index (κ3) is 3.24. The van der Waals surface area contributed by atoms with Gasteiger partial charge in [-0.25, -0.2) is 0 Å². The van der Waals surface area contributed by atoms with Crippen molar-refractivity contribution in [3.8, 4) is 5.75 Å². The molecule has 0 atom stereocenters. The number of nitrogens with zero attached hydrogens (tertiary/aromatic N) is 1. The number of non-ortho nitro benzene ring substituents is 1. The van der Waals surface area contributed by atoms with E-state index in [-0.39, 0.29) is 5.69 Å². The molecule has 86 valence electrons. The van der Waals surface area contributed by atoms with Crippen LogP contribution in [0.25, 0.3) is 6.08 Å². The van der Waals surface area contributed by atoms with E-state index in [1.807, 2.05) is 6.08 Å². The summed E-state index contributed by atoms with van der Waals surface area (Å²) in [5.41, 5.74) is 0.730. The summed E-state index contributed by atoms with van der Waals surface area (Å²) >= 11 is 5.53. The summed E-state index contributed by atoms with van der Waals surface area (Å²) in [4.78, 5) is 10.2. The first-order chi connectivity index (χ1) is 7.69. The molecule has 0 unspecified atom stereocenters. The lowest BCUT2D eigenvalue weighted by Crippen LogP contribution is -1.91. The number of rotatable bonds is 5. The molecule has 16 heavy (non-hydrogen) atoms. The lowest BCUT2D eigenvalue weighted by atomic mass is 10.1. The monoisotopic (exact) mass is 241 g/mol. The van der Waals surface area contributed by atoms with Gasteiger partial charge in [0.1, 0.15) is 5.75 Å². The van der Waals surface area contributed by atoms with Crippen molar-refractivity contribution < 1.29 is 9.66 Å². The van der Waals surface area contributed by atoms with E-state index in [9.17, 15) is 10.1 Å². The summed E-state index contributed by atoms with van der Waals surface area (Å²) in [6, 6.07) is 4.47. The Balaban J connectivity index is 3.02. The van der Waals surface area contributed by atoms with Crippen molar-refractivity contribution in [1.82, 2.24) is 0 Å². The molecule has 0 aromatic heterocycles. The van der Waals surface area contributed by atoms with Crippen molar-refractivity contribution in [2.45, 2.75) is 6.42 Å². The molecule has 0 bridgehead atoms. The Kier molecular flexibility index (Phi) is 4.79. The average molecular weight is 242 g/mol. The number of halogens is 1. The number of hydrogen-bond acceptors (Lipinski definition) is 3. The van der Waals surface area contributed by atoms with E-state index in [4.69, 9.17) is 16.3 Å². The molecule has 0 heterocycles. The van der Waals surface area contributed by atoms with Gasteiger partial charge in [-0.3, -0.25) is 10.1 Å². The Morgan fingerprint density at radius 3 is 2.88 bits per heavy atom. The van der Waals surface area contributed by atoms with Crippen LogP contribution >= 0.6 is 11.6 Å². The van der Waals surface area contributed by atoms with Crippen molar-refractivity contribution in [1.29, 1.82) is 0 Å². The average Bonchev–Trinajstić information content (AvgIpc) is 2.29. The van der Waals surface area contributed by atoms with Crippen LogP contribution in [0, 0.1) is 10.1 Å². The minimum Gasteiger partial charge on any atom is -0.496 e. The number of methoxy groups -OCH3 is 1. The van der Waals surface area contributed by atoms with Gasteiger partial charge < -0.3 is 4.74 Å². The van der Waals surface area contributed by atoms with Crippen LogP contribution in [-0.4, -0.2) is 17.9 Å².